The number of aromatic nitrogens is 2. The molecule has 3 aromatic rings. The van der Waals surface area contributed by atoms with Gasteiger partial charge in [0.2, 0.25) is 0 Å². The molecule has 0 aliphatic rings. The van der Waals surface area contributed by atoms with E-state index >= 15 is 0 Å². The normalized spacial score (nSPS) is 10.6. The molecule has 0 aliphatic heterocycles. The van der Waals surface area contributed by atoms with Crippen LogP contribution >= 0.6 is 46.4 Å². The van der Waals surface area contributed by atoms with Crippen molar-refractivity contribution in [2.45, 2.75) is 0 Å². The molecule has 9 heteroatoms. The average molecular weight is 415 g/mol. The molecule has 128 valence electrons. The van der Waals surface area contributed by atoms with Crippen LogP contribution in [-0.2, 0) is 0 Å². The van der Waals surface area contributed by atoms with Crippen LogP contribution in [0.3, 0.4) is 0 Å². The van der Waals surface area contributed by atoms with Gasteiger partial charge in [-0.1, -0.05) is 46.4 Å². The molecule has 0 radical (unpaired) electrons. The minimum atomic E-state index is 0.319. The fourth-order valence-electron chi connectivity index (χ4n) is 2.02. The average Bonchev–Trinajstić information content (AvgIpc) is 2.57. The Balaban J connectivity index is 1.87. The van der Waals surface area contributed by atoms with E-state index in [0.717, 1.165) is 0 Å². The van der Waals surface area contributed by atoms with Gasteiger partial charge in [0.15, 0.2) is 11.6 Å². The lowest BCUT2D eigenvalue weighted by atomic mass is 10.3. The van der Waals surface area contributed by atoms with E-state index in [0.29, 0.717) is 48.8 Å². The van der Waals surface area contributed by atoms with Crippen LogP contribution in [-0.4, -0.2) is 9.97 Å². The van der Waals surface area contributed by atoms with E-state index in [4.69, 9.17) is 52.1 Å². The summed E-state index contributed by atoms with van der Waals surface area (Å²) in [6.45, 7) is 0. The number of anilines is 5. The van der Waals surface area contributed by atoms with E-state index in [1.54, 1.807) is 36.4 Å². The first-order valence-electron chi connectivity index (χ1n) is 6.98. The highest BCUT2D eigenvalue weighted by Gasteiger charge is 2.11. The fourth-order valence-corrected chi connectivity index (χ4v) is 2.78. The number of rotatable bonds is 4. The summed E-state index contributed by atoms with van der Waals surface area (Å²) in [4.78, 5) is 8.29. The van der Waals surface area contributed by atoms with Crippen molar-refractivity contribution in [3.8, 4) is 0 Å². The van der Waals surface area contributed by atoms with Gasteiger partial charge in [-0.25, -0.2) is 9.97 Å². The predicted molar refractivity (Wildman–Crippen MR) is 106 cm³/mol. The lowest BCUT2D eigenvalue weighted by molar-refractivity contribution is 1.17. The minimum absolute atomic E-state index is 0.319. The number of hydrogen-bond acceptors (Lipinski definition) is 5. The van der Waals surface area contributed by atoms with E-state index in [2.05, 4.69) is 20.6 Å². The van der Waals surface area contributed by atoms with Crippen molar-refractivity contribution in [1.82, 2.24) is 9.97 Å². The smallest absolute Gasteiger partial charge is 0.159 e. The lowest BCUT2D eigenvalue weighted by Gasteiger charge is -2.13. The molecule has 0 bridgehead atoms. The van der Waals surface area contributed by atoms with E-state index < -0.39 is 0 Å². The van der Waals surface area contributed by atoms with Gasteiger partial charge in [0.25, 0.3) is 0 Å². The second kappa shape index (κ2) is 7.54. The van der Waals surface area contributed by atoms with Crippen LogP contribution in [0.25, 0.3) is 0 Å². The van der Waals surface area contributed by atoms with Gasteiger partial charge in [-0.2, -0.15) is 0 Å². The van der Waals surface area contributed by atoms with Crippen molar-refractivity contribution in [3.05, 3.63) is 62.8 Å². The predicted octanol–water partition coefficient (Wildman–Crippen LogP) is 6.16. The Labute approximate surface area is 164 Å². The molecule has 1 aromatic heterocycles. The van der Waals surface area contributed by atoms with E-state index in [9.17, 15) is 0 Å². The zero-order chi connectivity index (χ0) is 18.0. The van der Waals surface area contributed by atoms with Gasteiger partial charge in [0.05, 0.1) is 20.8 Å². The molecule has 4 N–H and O–H groups in total. The van der Waals surface area contributed by atoms with Crippen molar-refractivity contribution in [1.29, 1.82) is 0 Å². The van der Waals surface area contributed by atoms with Gasteiger partial charge in [0.1, 0.15) is 12.0 Å². The first-order chi connectivity index (χ1) is 11.9. The van der Waals surface area contributed by atoms with Crippen molar-refractivity contribution < 1.29 is 0 Å². The number of halogens is 4. The summed E-state index contributed by atoms with van der Waals surface area (Å²) in [5.41, 5.74) is 7.78. The van der Waals surface area contributed by atoms with Crippen LogP contribution in [0.15, 0.2) is 42.7 Å². The third-order valence-corrected chi connectivity index (χ3v) is 4.54. The molecule has 0 atom stereocenters. The van der Waals surface area contributed by atoms with Gasteiger partial charge in [-0.3, -0.25) is 0 Å². The van der Waals surface area contributed by atoms with Crippen LogP contribution in [0, 0.1) is 0 Å². The Kier molecular flexibility index (Phi) is 5.39. The molecule has 0 aliphatic carbocycles. The number of nitrogens with one attached hydrogen (secondary N) is 2. The molecular weight excluding hydrogens is 404 g/mol. The lowest BCUT2D eigenvalue weighted by Crippen LogP contribution is -2.05. The number of hydrogen-bond donors (Lipinski definition) is 3. The van der Waals surface area contributed by atoms with Crippen molar-refractivity contribution in [2.75, 3.05) is 16.4 Å². The summed E-state index contributed by atoms with van der Waals surface area (Å²) < 4.78 is 0. The molecule has 0 amide bonds. The Bertz CT molecular complexity index is 932. The fraction of sp³-hybridized carbons (Fsp3) is 0. The molecule has 1 heterocycles. The monoisotopic (exact) mass is 413 g/mol. The van der Waals surface area contributed by atoms with Crippen LogP contribution in [0.4, 0.5) is 28.7 Å². The largest absolute Gasteiger partial charge is 0.393 e. The topological polar surface area (TPSA) is 75.9 Å². The molecule has 0 fully saturated rings. The summed E-state index contributed by atoms with van der Waals surface area (Å²) in [6, 6.07) is 10.2. The Morgan fingerprint density at radius 1 is 0.760 bits per heavy atom. The molecule has 0 unspecified atom stereocenters. The number of nitrogens with two attached hydrogens (primary N) is 1. The van der Waals surface area contributed by atoms with Crippen LogP contribution in [0.1, 0.15) is 0 Å². The molecule has 0 saturated heterocycles. The first kappa shape index (κ1) is 17.9. The maximum Gasteiger partial charge on any atom is 0.159 e. The Morgan fingerprint density at radius 3 is 2.16 bits per heavy atom. The zero-order valence-corrected chi connectivity index (χ0v) is 15.5. The summed E-state index contributed by atoms with van der Waals surface area (Å²) >= 11 is 24.0. The van der Waals surface area contributed by atoms with E-state index in [-0.39, 0.29) is 0 Å². The van der Waals surface area contributed by atoms with Crippen LogP contribution < -0.4 is 16.4 Å². The maximum absolute atomic E-state index is 6.16. The minimum Gasteiger partial charge on any atom is -0.393 e. The van der Waals surface area contributed by atoms with Crippen molar-refractivity contribution >= 4 is 75.1 Å². The highest BCUT2D eigenvalue weighted by molar-refractivity contribution is 6.42. The number of nitrogen functional groups attached to an aromatic ring is 1. The van der Waals surface area contributed by atoms with Gasteiger partial charge in [-0.15, -0.1) is 0 Å². The summed E-state index contributed by atoms with van der Waals surface area (Å²) in [7, 11) is 0. The molecule has 5 nitrogen and oxygen atoms in total. The van der Waals surface area contributed by atoms with E-state index in [1.165, 1.54) is 6.33 Å². The second-order valence-electron chi connectivity index (χ2n) is 4.99. The SMILES string of the molecule is Nc1c(Nc2ccc(Cl)c(Cl)c2)ncnc1Nc1ccc(Cl)cc1Cl. The highest BCUT2D eigenvalue weighted by Crippen LogP contribution is 2.33. The first-order valence-corrected chi connectivity index (χ1v) is 8.50. The maximum atomic E-state index is 6.16. The molecule has 2 aromatic carbocycles. The van der Waals surface area contributed by atoms with Crippen molar-refractivity contribution in [2.24, 2.45) is 0 Å². The molecule has 3 rings (SSSR count). The van der Waals surface area contributed by atoms with E-state index in [1.807, 2.05) is 0 Å². The molecule has 0 saturated carbocycles. The molecule has 25 heavy (non-hydrogen) atoms. The summed E-state index contributed by atoms with van der Waals surface area (Å²) in [6.07, 6.45) is 1.38. The second-order valence-corrected chi connectivity index (χ2v) is 6.65. The Hall–Kier alpha value is -1.92. The van der Waals surface area contributed by atoms with Crippen LogP contribution in [0.5, 0.6) is 0 Å². The molecular formula is C16H11Cl4N5. The van der Waals surface area contributed by atoms with Crippen molar-refractivity contribution in [3.63, 3.8) is 0 Å². The number of benzene rings is 2. The zero-order valence-electron chi connectivity index (χ0n) is 12.5. The third-order valence-electron chi connectivity index (χ3n) is 3.25. The highest BCUT2D eigenvalue weighted by atomic mass is 35.5. The van der Waals surface area contributed by atoms with Crippen LogP contribution in [0.2, 0.25) is 20.1 Å². The summed E-state index contributed by atoms with van der Waals surface area (Å²) in [5, 5.41) is 8.00. The van der Waals surface area contributed by atoms with Gasteiger partial charge in [-0.05, 0) is 36.4 Å². The van der Waals surface area contributed by atoms with Gasteiger partial charge in [0, 0.05) is 10.7 Å². The summed E-state index contributed by atoms with van der Waals surface area (Å²) in [5.74, 6) is 0.822. The third kappa shape index (κ3) is 4.19. The number of nitrogens with zero attached hydrogens (tertiary/aromatic N) is 2. The molecule has 0 spiro atoms. The quantitative estimate of drug-likeness (QED) is 0.476. The standard InChI is InChI=1S/C16H11Cl4N5/c17-8-1-4-13(12(20)5-8)25-16-14(21)15(22-7-23-16)24-9-2-3-10(18)11(19)6-9/h1-7H,21H2,(H2,22,23,24,25). The Morgan fingerprint density at radius 2 is 1.48 bits per heavy atom. The van der Waals surface area contributed by atoms with Gasteiger partial charge >= 0.3 is 0 Å². The van der Waals surface area contributed by atoms with Gasteiger partial charge < -0.3 is 16.4 Å².